The SMILES string of the molecule is O=C1S/C(=C/c2ccc(-c3ccc([N+](=O)[O-])cc3)o2)C(=O)N1c1ccc(Cl)c(C(F)(F)F)c1. The number of imide groups is 1. The number of nitro benzene ring substituents is 1. The molecule has 1 saturated heterocycles. The average molecular weight is 495 g/mol. The number of alkyl halides is 3. The van der Waals surface area contributed by atoms with Gasteiger partial charge in [-0.05, 0) is 54.2 Å². The Bertz CT molecular complexity index is 1320. The molecule has 0 atom stereocenters. The predicted molar refractivity (Wildman–Crippen MR) is 116 cm³/mol. The molecular weight excluding hydrogens is 485 g/mol. The van der Waals surface area contributed by atoms with Crippen LogP contribution in [0.4, 0.5) is 29.3 Å². The van der Waals surface area contributed by atoms with Crippen molar-refractivity contribution in [2.45, 2.75) is 6.18 Å². The number of nitro groups is 1. The van der Waals surface area contributed by atoms with Crippen LogP contribution in [0.2, 0.25) is 5.02 Å². The van der Waals surface area contributed by atoms with Crippen molar-refractivity contribution in [3.05, 3.63) is 86.0 Å². The highest BCUT2D eigenvalue weighted by Gasteiger charge is 2.39. The lowest BCUT2D eigenvalue weighted by atomic mass is 10.1. The van der Waals surface area contributed by atoms with Gasteiger partial charge in [0.1, 0.15) is 11.5 Å². The van der Waals surface area contributed by atoms with Crippen molar-refractivity contribution in [2.24, 2.45) is 0 Å². The second kappa shape index (κ2) is 8.41. The lowest BCUT2D eigenvalue weighted by molar-refractivity contribution is -0.384. The van der Waals surface area contributed by atoms with Crippen LogP contribution in [0.3, 0.4) is 0 Å². The third kappa shape index (κ3) is 4.50. The van der Waals surface area contributed by atoms with Crippen LogP contribution in [0, 0.1) is 10.1 Å². The fourth-order valence-corrected chi connectivity index (χ4v) is 4.07. The summed E-state index contributed by atoms with van der Waals surface area (Å²) in [5.74, 6) is -0.238. The van der Waals surface area contributed by atoms with Gasteiger partial charge in [-0.2, -0.15) is 13.2 Å². The molecule has 0 bridgehead atoms. The summed E-state index contributed by atoms with van der Waals surface area (Å²) in [7, 11) is 0. The number of carbonyl (C=O) groups is 2. The molecule has 2 amide bonds. The molecule has 0 spiro atoms. The number of halogens is 4. The van der Waals surface area contributed by atoms with E-state index < -0.39 is 32.8 Å². The van der Waals surface area contributed by atoms with Gasteiger partial charge in [-0.3, -0.25) is 19.7 Å². The number of hydrogen-bond acceptors (Lipinski definition) is 6. The summed E-state index contributed by atoms with van der Waals surface area (Å²) in [5, 5.41) is 9.44. The zero-order valence-corrected chi connectivity index (χ0v) is 17.7. The Morgan fingerprint density at radius 3 is 2.39 bits per heavy atom. The van der Waals surface area contributed by atoms with Gasteiger partial charge in [0.05, 0.1) is 26.1 Å². The molecule has 0 radical (unpaired) electrons. The van der Waals surface area contributed by atoms with Crippen molar-refractivity contribution in [3.8, 4) is 11.3 Å². The molecule has 33 heavy (non-hydrogen) atoms. The van der Waals surface area contributed by atoms with Crippen molar-refractivity contribution in [1.82, 2.24) is 0 Å². The quantitative estimate of drug-likeness (QED) is 0.226. The third-order valence-corrected chi connectivity index (χ3v) is 5.77. The molecule has 1 aliphatic rings. The number of anilines is 1. The number of hydrogen-bond donors (Lipinski definition) is 0. The van der Waals surface area contributed by atoms with Gasteiger partial charge in [-0.25, -0.2) is 4.90 Å². The van der Waals surface area contributed by atoms with Gasteiger partial charge >= 0.3 is 6.18 Å². The minimum absolute atomic E-state index is 0.0480. The summed E-state index contributed by atoms with van der Waals surface area (Å²) in [6, 6.07) is 11.5. The first-order valence-electron chi connectivity index (χ1n) is 9.04. The highest BCUT2D eigenvalue weighted by atomic mass is 35.5. The van der Waals surface area contributed by atoms with Crippen molar-refractivity contribution >= 4 is 52.0 Å². The standard InChI is InChI=1S/C21H10ClF3N2O5S/c22-16-7-5-13(9-15(16)21(23,24)25)26-19(28)18(33-20(26)29)10-14-6-8-17(32-14)11-1-3-12(4-2-11)27(30)31/h1-10H/b18-10+. The maximum Gasteiger partial charge on any atom is 0.417 e. The van der Waals surface area contributed by atoms with Crippen LogP contribution in [0.15, 0.2) is 63.9 Å². The van der Waals surface area contributed by atoms with Gasteiger partial charge in [-0.15, -0.1) is 0 Å². The Kier molecular flexibility index (Phi) is 5.76. The Morgan fingerprint density at radius 2 is 1.76 bits per heavy atom. The number of benzene rings is 2. The van der Waals surface area contributed by atoms with Gasteiger partial charge in [-0.1, -0.05) is 11.6 Å². The number of carbonyl (C=O) groups excluding carboxylic acids is 2. The van der Waals surface area contributed by atoms with Crippen LogP contribution in [0.1, 0.15) is 11.3 Å². The summed E-state index contributed by atoms with van der Waals surface area (Å²) in [5.41, 5.74) is -0.962. The summed E-state index contributed by atoms with van der Waals surface area (Å²) in [4.78, 5) is 35.9. The molecule has 1 aromatic heterocycles. The Labute approximate surface area is 192 Å². The third-order valence-electron chi connectivity index (χ3n) is 4.57. The largest absolute Gasteiger partial charge is 0.457 e. The zero-order valence-electron chi connectivity index (χ0n) is 16.1. The monoisotopic (exact) mass is 494 g/mol. The van der Waals surface area contributed by atoms with Gasteiger partial charge in [0.2, 0.25) is 0 Å². The van der Waals surface area contributed by atoms with E-state index in [4.69, 9.17) is 16.0 Å². The number of rotatable bonds is 4. The maximum atomic E-state index is 13.1. The fraction of sp³-hybridized carbons (Fsp3) is 0.0476. The molecule has 12 heteroatoms. The number of non-ortho nitro benzene ring substituents is 1. The molecule has 0 unspecified atom stereocenters. The summed E-state index contributed by atoms with van der Waals surface area (Å²) in [6.07, 6.45) is -3.46. The van der Waals surface area contributed by atoms with E-state index in [1.54, 1.807) is 6.07 Å². The van der Waals surface area contributed by atoms with E-state index in [2.05, 4.69) is 0 Å². The number of thioether (sulfide) groups is 1. The second-order valence-corrected chi connectivity index (χ2v) is 8.09. The first-order valence-corrected chi connectivity index (χ1v) is 10.2. The molecule has 2 aromatic carbocycles. The van der Waals surface area contributed by atoms with Crippen LogP contribution in [-0.2, 0) is 11.0 Å². The maximum absolute atomic E-state index is 13.1. The molecule has 168 valence electrons. The Morgan fingerprint density at radius 1 is 1.06 bits per heavy atom. The van der Waals surface area contributed by atoms with E-state index in [0.29, 0.717) is 34.1 Å². The normalized spacial score (nSPS) is 15.5. The van der Waals surface area contributed by atoms with Crippen molar-refractivity contribution in [3.63, 3.8) is 0 Å². The fourth-order valence-electron chi connectivity index (χ4n) is 3.02. The number of amides is 2. The number of furan rings is 1. The molecule has 3 aromatic rings. The Hall–Kier alpha value is -3.57. The van der Waals surface area contributed by atoms with Crippen LogP contribution in [-0.4, -0.2) is 16.1 Å². The van der Waals surface area contributed by atoms with E-state index in [-0.39, 0.29) is 22.0 Å². The first kappa shape index (κ1) is 22.6. The van der Waals surface area contributed by atoms with Crippen molar-refractivity contribution in [2.75, 3.05) is 4.90 Å². The number of nitrogens with zero attached hydrogens (tertiary/aromatic N) is 2. The molecule has 0 saturated carbocycles. The van der Waals surface area contributed by atoms with Gasteiger partial charge in [0, 0.05) is 23.8 Å². The zero-order chi connectivity index (χ0) is 23.9. The van der Waals surface area contributed by atoms with Crippen LogP contribution in [0.5, 0.6) is 0 Å². The topological polar surface area (TPSA) is 93.7 Å². The molecule has 1 aliphatic heterocycles. The van der Waals surface area contributed by atoms with Crippen LogP contribution >= 0.6 is 23.4 Å². The van der Waals surface area contributed by atoms with E-state index >= 15 is 0 Å². The summed E-state index contributed by atoms with van der Waals surface area (Å²) >= 11 is 6.15. The molecule has 2 heterocycles. The minimum atomic E-state index is -4.76. The van der Waals surface area contributed by atoms with Gasteiger partial charge in [0.25, 0.3) is 16.8 Å². The first-order chi connectivity index (χ1) is 15.5. The molecular formula is C21H10ClF3N2O5S. The second-order valence-electron chi connectivity index (χ2n) is 6.69. The van der Waals surface area contributed by atoms with Crippen LogP contribution < -0.4 is 4.90 Å². The highest BCUT2D eigenvalue weighted by Crippen LogP contribution is 2.41. The highest BCUT2D eigenvalue weighted by molar-refractivity contribution is 8.19. The van der Waals surface area contributed by atoms with Gasteiger partial charge in [0.15, 0.2) is 0 Å². The van der Waals surface area contributed by atoms with E-state index in [1.807, 2.05) is 0 Å². The molecule has 7 nitrogen and oxygen atoms in total. The van der Waals surface area contributed by atoms with Gasteiger partial charge < -0.3 is 4.42 Å². The van der Waals surface area contributed by atoms with E-state index in [9.17, 15) is 32.9 Å². The average Bonchev–Trinajstić information content (AvgIpc) is 3.32. The summed E-state index contributed by atoms with van der Waals surface area (Å²) < 4.78 is 45.1. The lowest BCUT2D eigenvalue weighted by Crippen LogP contribution is -2.28. The van der Waals surface area contributed by atoms with Crippen molar-refractivity contribution in [1.29, 1.82) is 0 Å². The van der Waals surface area contributed by atoms with Crippen LogP contribution in [0.25, 0.3) is 17.4 Å². The Balaban J connectivity index is 1.60. The molecule has 0 N–H and O–H groups in total. The molecule has 1 fully saturated rings. The molecule has 4 rings (SSSR count). The molecule has 0 aliphatic carbocycles. The predicted octanol–water partition coefficient (Wildman–Crippen LogP) is 6.77. The lowest BCUT2D eigenvalue weighted by Gasteiger charge is -2.16. The van der Waals surface area contributed by atoms with E-state index in [1.165, 1.54) is 36.4 Å². The smallest absolute Gasteiger partial charge is 0.417 e. The van der Waals surface area contributed by atoms with Crippen molar-refractivity contribution < 1.29 is 32.1 Å². The summed E-state index contributed by atoms with van der Waals surface area (Å²) in [6.45, 7) is 0. The minimum Gasteiger partial charge on any atom is -0.457 e. The van der Waals surface area contributed by atoms with E-state index in [0.717, 1.165) is 12.1 Å².